The van der Waals surface area contributed by atoms with Crippen LogP contribution in [0.5, 0.6) is 5.75 Å². The van der Waals surface area contributed by atoms with Gasteiger partial charge in [-0.3, -0.25) is 4.21 Å². The zero-order chi connectivity index (χ0) is 23.0. The minimum Gasteiger partial charge on any atom is -0.444 e. The van der Waals surface area contributed by atoms with E-state index in [4.69, 9.17) is 10.5 Å². The van der Waals surface area contributed by atoms with Gasteiger partial charge >= 0.3 is 0 Å². The number of nitrogens with zero attached hydrogens (tertiary/aromatic N) is 1. The number of aryl methyl sites for hydroxylation is 1. The van der Waals surface area contributed by atoms with Crippen LogP contribution < -0.4 is 15.4 Å². The van der Waals surface area contributed by atoms with E-state index in [2.05, 4.69) is 17.7 Å². The first-order chi connectivity index (χ1) is 15.2. The van der Waals surface area contributed by atoms with Crippen LogP contribution in [0.25, 0.3) is 0 Å². The van der Waals surface area contributed by atoms with Crippen molar-refractivity contribution in [1.29, 1.82) is 0 Å². The molecule has 0 saturated heterocycles. The van der Waals surface area contributed by atoms with Crippen LogP contribution in [0.1, 0.15) is 55.3 Å². The third-order valence-corrected chi connectivity index (χ3v) is 7.88. The number of hydrogen-bond acceptors (Lipinski definition) is 5. The van der Waals surface area contributed by atoms with Crippen molar-refractivity contribution in [3.8, 4) is 17.6 Å². The molecule has 5 unspecified atom stereocenters. The zero-order valence-electron chi connectivity index (χ0n) is 19.0. The van der Waals surface area contributed by atoms with Gasteiger partial charge in [0.2, 0.25) is 0 Å². The van der Waals surface area contributed by atoms with E-state index in [-0.39, 0.29) is 18.0 Å². The molecule has 1 aliphatic heterocycles. The van der Waals surface area contributed by atoms with Gasteiger partial charge in [-0.2, -0.15) is 0 Å². The van der Waals surface area contributed by atoms with Crippen molar-refractivity contribution in [3.63, 3.8) is 0 Å². The molecule has 5 atom stereocenters. The first-order valence-electron chi connectivity index (χ1n) is 11.1. The molecule has 1 heterocycles. The average Bonchev–Trinajstić information content (AvgIpc) is 3.06. The summed E-state index contributed by atoms with van der Waals surface area (Å²) in [6.45, 7) is 3.94. The molecule has 6 heteroatoms. The first kappa shape index (κ1) is 22.7. The number of rotatable bonds is 3. The van der Waals surface area contributed by atoms with Crippen LogP contribution in [-0.4, -0.2) is 33.9 Å². The second kappa shape index (κ2) is 8.82. The van der Waals surface area contributed by atoms with Crippen LogP contribution in [-0.2, 0) is 9.52 Å². The maximum absolute atomic E-state index is 12.5. The molecule has 3 N–H and O–H groups in total. The summed E-state index contributed by atoms with van der Waals surface area (Å²) < 4.78 is 18.3. The normalized spacial score (nSPS) is 25.2. The summed E-state index contributed by atoms with van der Waals surface area (Å²) in [4.78, 5) is 2.48. The Labute approximate surface area is 191 Å². The number of hydrogen-bond donors (Lipinski definition) is 2. The second-order valence-corrected chi connectivity index (χ2v) is 11.5. The minimum absolute atomic E-state index is 0.139. The van der Waals surface area contributed by atoms with Gasteiger partial charge in [-0.25, -0.2) is 0 Å². The predicted molar refractivity (Wildman–Crippen MR) is 131 cm³/mol. The van der Waals surface area contributed by atoms with E-state index < -0.39 is 15.9 Å². The number of fused-ring (bicyclic) bond motifs is 1. The van der Waals surface area contributed by atoms with Gasteiger partial charge in [-0.05, 0) is 71.4 Å². The van der Waals surface area contributed by atoms with Gasteiger partial charge in [-0.15, -0.1) is 0 Å². The lowest BCUT2D eigenvalue weighted by atomic mass is 9.85. The lowest BCUT2D eigenvalue weighted by molar-refractivity contribution is -0.00771. The molecule has 5 nitrogen and oxygen atoms in total. The molecule has 1 fully saturated rings. The molecule has 1 aliphatic carbocycles. The third kappa shape index (κ3) is 4.38. The highest BCUT2D eigenvalue weighted by atomic mass is 32.2. The molecule has 0 aromatic heterocycles. The summed E-state index contributed by atoms with van der Waals surface area (Å²) in [5.74, 6) is 11.3. The predicted octanol–water partition coefficient (Wildman–Crippen LogP) is 3.81. The van der Waals surface area contributed by atoms with Crippen LogP contribution in [0.2, 0.25) is 0 Å². The van der Waals surface area contributed by atoms with E-state index in [0.717, 1.165) is 35.2 Å². The number of anilines is 1. The fourth-order valence-electron chi connectivity index (χ4n) is 4.74. The summed E-state index contributed by atoms with van der Waals surface area (Å²) in [6.07, 6.45) is 4.91. The molecule has 0 spiro atoms. The van der Waals surface area contributed by atoms with Crippen molar-refractivity contribution in [2.24, 2.45) is 11.7 Å². The van der Waals surface area contributed by atoms with Gasteiger partial charge in [0.05, 0.1) is 11.7 Å². The van der Waals surface area contributed by atoms with Gasteiger partial charge in [0.1, 0.15) is 5.75 Å². The number of benzene rings is 2. The Morgan fingerprint density at radius 2 is 2.00 bits per heavy atom. The highest BCUT2D eigenvalue weighted by Crippen LogP contribution is 2.44. The average molecular weight is 453 g/mol. The smallest absolute Gasteiger partial charge is 0.282 e. The van der Waals surface area contributed by atoms with E-state index in [9.17, 15) is 9.32 Å². The van der Waals surface area contributed by atoms with Gasteiger partial charge in [0.15, 0.2) is 0 Å². The molecule has 2 aromatic carbocycles. The van der Waals surface area contributed by atoms with E-state index >= 15 is 0 Å². The summed E-state index contributed by atoms with van der Waals surface area (Å²) in [5.41, 5.74) is 9.86. The number of nitrogens with two attached hydrogens (primary N) is 1. The van der Waals surface area contributed by atoms with Crippen molar-refractivity contribution < 1.29 is 14.1 Å². The molecule has 170 valence electrons. The van der Waals surface area contributed by atoms with Gasteiger partial charge in [-0.1, -0.05) is 42.9 Å². The zero-order valence-corrected chi connectivity index (χ0v) is 19.8. The molecular formula is C26H32N2O3S. The topological polar surface area (TPSA) is 75.8 Å². The summed E-state index contributed by atoms with van der Waals surface area (Å²) in [7, 11) is -2.40. The van der Waals surface area contributed by atoms with E-state index in [1.54, 1.807) is 12.3 Å². The molecule has 0 amide bonds. The molecule has 0 radical (unpaired) electrons. The maximum Gasteiger partial charge on any atom is 0.282 e. The van der Waals surface area contributed by atoms with E-state index in [1.165, 1.54) is 12.8 Å². The van der Waals surface area contributed by atoms with Crippen molar-refractivity contribution in [1.82, 2.24) is 0 Å². The quantitative estimate of drug-likeness (QED) is 0.547. The fraction of sp³-hybridized carbons (Fsp3) is 0.423. The second-order valence-electron chi connectivity index (χ2n) is 9.03. The van der Waals surface area contributed by atoms with Crippen LogP contribution >= 0.6 is 0 Å². The Kier molecular flexibility index (Phi) is 6.26. The first-order valence-corrected chi connectivity index (χ1v) is 13.3. The molecule has 2 aliphatic rings. The third-order valence-electron chi connectivity index (χ3n) is 6.51. The SMILES string of the molecule is C=S(C)(=O)c1cc2c(cc1C)N(C(C)c1ccccc1C#CC1CCCCC1N)C(O)O2. The van der Waals surface area contributed by atoms with Gasteiger partial charge in [0, 0.05) is 28.7 Å². The van der Waals surface area contributed by atoms with Crippen LogP contribution in [0.4, 0.5) is 5.69 Å². The van der Waals surface area contributed by atoms with E-state index in [0.29, 0.717) is 10.6 Å². The monoisotopic (exact) mass is 452 g/mol. The standard InChI is InChI=1S/C26H32N2O3S/c1-17-15-23-24(16-25(17)32(3,4)30)31-26(29)28(23)18(2)21-11-7-5-9-19(21)13-14-20-10-6-8-12-22(20)27/h5,7,9,11,15-16,18,20,22,26,29H,3,6,8,10,12,27H2,1-2,4H3. The largest absolute Gasteiger partial charge is 0.444 e. The van der Waals surface area contributed by atoms with Crippen LogP contribution in [0, 0.1) is 24.7 Å². The fourth-order valence-corrected chi connectivity index (χ4v) is 5.84. The number of aliphatic hydroxyl groups is 1. The molecule has 2 aromatic rings. The molecule has 1 saturated carbocycles. The number of ether oxygens (including phenoxy) is 1. The van der Waals surface area contributed by atoms with Crippen LogP contribution in [0.3, 0.4) is 0 Å². The van der Waals surface area contributed by atoms with Gasteiger partial charge < -0.3 is 20.5 Å². The molecular weight excluding hydrogens is 420 g/mol. The molecule has 32 heavy (non-hydrogen) atoms. The lowest BCUT2D eigenvalue weighted by Crippen LogP contribution is -2.36. The van der Waals surface area contributed by atoms with Crippen molar-refractivity contribution in [3.05, 3.63) is 53.1 Å². The lowest BCUT2D eigenvalue weighted by Gasteiger charge is -2.29. The van der Waals surface area contributed by atoms with Crippen molar-refractivity contribution in [2.45, 2.75) is 62.9 Å². The molecule has 4 rings (SSSR count). The summed E-state index contributed by atoms with van der Waals surface area (Å²) in [6, 6.07) is 11.6. The Bertz CT molecular complexity index is 1180. The minimum atomic E-state index is -2.40. The van der Waals surface area contributed by atoms with Crippen molar-refractivity contribution >= 4 is 21.1 Å². The number of aliphatic hydroxyl groups excluding tert-OH is 1. The highest BCUT2D eigenvalue weighted by molar-refractivity contribution is 7.99. The van der Waals surface area contributed by atoms with Crippen LogP contribution in [0.15, 0.2) is 41.3 Å². The Morgan fingerprint density at radius 3 is 2.72 bits per heavy atom. The van der Waals surface area contributed by atoms with E-state index in [1.807, 2.05) is 49.1 Å². The Hall–Kier alpha value is -2.46. The van der Waals surface area contributed by atoms with Crippen molar-refractivity contribution in [2.75, 3.05) is 11.2 Å². The molecule has 0 bridgehead atoms. The summed E-state index contributed by atoms with van der Waals surface area (Å²) >= 11 is 0. The highest BCUT2D eigenvalue weighted by Gasteiger charge is 2.35. The summed E-state index contributed by atoms with van der Waals surface area (Å²) in [5, 5.41) is 10.8. The Morgan fingerprint density at radius 1 is 1.28 bits per heavy atom. The maximum atomic E-state index is 12.5. The van der Waals surface area contributed by atoms with Gasteiger partial charge in [0.25, 0.3) is 6.41 Å². The Balaban J connectivity index is 1.68.